The number of nitrogens with one attached hydrogen (secondary N) is 1. The second-order valence-electron chi connectivity index (χ2n) is 6.20. The predicted octanol–water partition coefficient (Wildman–Crippen LogP) is 1.16. The Labute approximate surface area is 147 Å². The third-order valence-corrected chi connectivity index (χ3v) is 4.41. The summed E-state index contributed by atoms with van der Waals surface area (Å²) in [5, 5.41) is 12.0. The van der Waals surface area contributed by atoms with Crippen LogP contribution in [-0.4, -0.2) is 62.3 Å². The molecule has 1 aliphatic rings. The van der Waals surface area contributed by atoms with Gasteiger partial charge >= 0.3 is 5.97 Å². The van der Waals surface area contributed by atoms with Crippen molar-refractivity contribution in [2.75, 3.05) is 40.4 Å². The Morgan fingerprint density at radius 2 is 2.04 bits per heavy atom. The molecule has 1 aliphatic heterocycles. The maximum atomic E-state index is 12.1. The number of ether oxygens (including phenoxy) is 2. The largest absolute Gasteiger partial charge is 0.493 e. The summed E-state index contributed by atoms with van der Waals surface area (Å²) in [7, 11) is 3.18. The quantitative estimate of drug-likeness (QED) is 0.731. The number of hydrogen-bond acceptors (Lipinski definition) is 5. The topological polar surface area (TPSA) is 88.1 Å². The maximum absolute atomic E-state index is 12.1. The number of amides is 1. The highest BCUT2D eigenvalue weighted by molar-refractivity contribution is 5.78. The number of aliphatic carboxylic acids is 1. The highest BCUT2D eigenvalue weighted by Crippen LogP contribution is 2.27. The van der Waals surface area contributed by atoms with Crippen LogP contribution >= 0.6 is 0 Å². The molecular formula is C18H26N2O5. The lowest BCUT2D eigenvalue weighted by molar-refractivity contribution is -0.144. The van der Waals surface area contributed by atoms with E-state index in [9.17, 15) is 9.59 Å². The fourth-order valence-corrected chi connectivity index (χ4v) is 3.04. The van der Waals surface area contributed by atoms with Crippen LogP contribution in [0.4, 0.5) is 0 Å². The normalized spacial score (nSPS) is 17.8. The van der Waals surface area contributed by atoms with Gasteiger partial charge in [-0.3, -0.25) is 14.5 Å². The lowest BCUT2D eigenvalue weighted by Gasteiger charge is -2.29. The first-order valence-corrected chi connectivity index (χ1v) is 8.46. The molecule has 2 rings (SSSR count). The van der Waals surface area contributed by atoms with Gasteiger partial charge in [-0.2, -0.15) is 0 Å². The first kappa shape index (κ1) is 19.1. The number of rotatable bonds is 8. The molecule has 0 bridgehead atoms. The van der Waals surface area contributed by atoms with E-state index in [-0.39, 0.29) is 18.4 Å². The summed E-state index contributed by atoms with van der Waals surface area (Å²) in [5.74, 6) is 0.117. The average Bonchev–Trinajstić information content (AvgIpc) is 2.61. The Kier molecular flexibility index (Phi) is 7.06. The van der Waals surface area contributed by atoms with E-state index in [1.54, 1.807) is 14.2 Å². The van der Waals surface area contributed by atoms with Gasteiger partial charge < -0.3 is 19.9 Å². The number of benzene rings is 1. The van der Waals surface area contributed by atoms with Crippen molar-refractivity contribution in [2.24, 2.45) is 5.92 Å². The zero-order valence-corrected chi connectivity index (χ0v) is 14.8. The summed E-state index contributed by atoms with van der Waals surface area (Å²) in [6.07, 6.45) is 2.19. The zero-order chi connectivity index (χ0) is 18.2. The summed E-state index contributed by atoms with van der Waals surface area (Å²) >= 11 is 0. The van der Waals surface area contributed by atoms with Crippen LogP contribution in [0.15, 0.2) is 18.2 Å². The molecular weight excluding hydrogens is 324 g/mol. The van der Waals surface area contributed by atoms with Gasteiger partial charge in [0.1, 0.15) is 0 Å². The molecule has 1 unspecified atom stereocenters. The molecule has 0 aromatic heterocycles. The molecule has 2 N–H and O–H groups in total. The monoisotopic (exact) mass is 350 g/mol. The lowest BCUT2D eigenvalue weighted by atomic mass is 9.98. The molecule has 138 valence electrons. The molecule has 1 aromatic rings. The van der Waals surface area contributed by atoms with Crippen LogP contribution in [0.25, 0.3) is 0 Å². The van der Waals surface area contributed by atoms with Crippen molar-refractivity contribution >= 4 is 11.9 Å². The molecule has 1 amide bonds. The Morgan fingerprint density at radius 3 is 2.72 bits per heavy atom. The van der Waals surface area contributed by atoms with Crippen LogP contribution in [0.1, 0.15) is 18.4 Å². The number of methoxy groups -OCH3 is 2. The Hall–Kier alpha value is -2.28. The minimum atomic E-state index is -0.779. The number of nitrogens with zero attached hydrogens (tertiary/aromatic N) is 1. The number of carboxylic acids is 1. The summed E-state index contributed by atoms with van der Waals surface area (Å²) in [6, 6.07) is 5.68. The molecule has 7 nitrogen and oxygen atoms in total. The van der Waals surface area contributed by atoms with Crippen molar-refractivity contribution in [1.82, 2.24) is 10.2 Å². The van der Waals surface area contributed by atoms with Gasteiger partial charge in [0, 0.05) is 13.1 Å². The van der Waals surface area contributed by atoms with Gasteiger partial charge in [0.2, 0.25) is 5.91 Å². The smallest absolute Gasteiger partial charge is 0.307 e. The number of carbonyl (C=O) groups is 2. The van der Waals surface area contributed by atoms with Gasteiger partial charge in [0.25, 0.3) is 0 Å². The molecule has 0 saturated carbocycles. The average molecular weight is 350 g/mol. The SMILES string of the molecule is COc1ccc(CCNC(=O)CN2CCCC(C(=O)O)C2)cc1OC. The third-order valence-electron chi connectivity index (χ3n) is 4.41. The highest BCUT2D eigenvalue weighted by Gasteiger charge is 2.26. The van der Waals surface area contributed by atoms with Crippen LogP contribution in [-0.2, 0) is 16.0 Å². The molecule has 0 aliphatic carbocycles. The molecule has 0 spiro atoms. The molecule has 1 aromatic carbocycles. The first-order valence-electron chi connectivity index (χ1n) is 8.46. The lowest BCUT2D eigenvalue weighted by Crippen LogP contribution is -2.44. The van der Waals surface area contributed by atoms with Crippen molar-refractivity contribution in [3.8, 4) is 11.5 Å². The van der Waals surface area contributed by atoms with Crippen LogP contribution < -0.4 is 14.8 Å². The summed E-state index contributed by atoms with van der Waals surface area (Å²) in [6.45, 7) is 1.98. The van der Waals surface area contributed by atoms with Gasteiger partial charge in [0.15, 0.2) is 11.5 Å². The van der Waals surface area contributed by atoms with Gasteiger partial charge in [-0.05, 0) is 43.5 Å². The molecule has 7 heteroatoms. The Bertz CT molecular complexity index is 605. The van der Waals surface area contributed by atoms with E-state index in [0.29, 0.717) is 37.4 Å². The first-order chi connectivity index (χ1) is 12.0. The predicted molar refractivity (Wildman–Crippen MR) is 93.1 cm³/mol. The minimum absolute atomic E-state index is 0.0773. The maximum Gasteiger partial charge on any atom is 0.307 e. The van der Waals surface area contributed by atoms with Crippen LogP contribution in [0.2, 0.25) is 0 Å². The number of piperidine rings is 1. The van der Waals surface area contributed by atoms with E-state index in [4.69, 9.17) is 14.6 Å². The molecule has 1 saturated heterocycles. The van der Waals surface area contributed by atoms with E-state index in [2.05, 4.69) is 5.32 Å². The van der Waals surface area contributed by atoms with E-state index in [0.717, 1.165) is 18.5 Å². The van der Waals surface area contributed by atoms with E-state index < -0.39 is 5.97 Å². The Balaban J connectivity index is 1.76. The molecule has 1 heterocycles. The van der Waals surface area contributed by atoms with Gasteiger partial charge in [0.05, 0.1) is 26.7 Å². The second kappa shape index (κ2) is 9.27. The van der Waals surface area contributed by atoms with Crippen molar-refractivity contribution in [3.05, 3.63) is 23.8 Å². The fourth-order valence-electron chi connectivity index (χ4n) is 3.04. The van der Waals surface area contributed by atoms with Crippen LogP contribution in [0, 0.1) is 5.92 Å². The zero-order valence-electron chi connectivity index (χ0n) is 14.8. The highest BCUT2D eigenvalue weighted by atomic mass is 16.5. The molecule has 25 heavy (non-hydrogen) atoms. The van der Waals surface area contributed by atoms with E-state index in [1.807, 2.05) is 23.1 Å². The van der Waals surface area contributed by atoms with Gasteiger partial charge in [-0.25, -0.2) is 0 Å². The van der Waals surface area contributed by atoms with Crippen LogP contribution in [0.5, 0.6) is 11.5 Å². The number of carbonyl (C=O) groups excluding carboxylic acids is 1. The minimum Gasteiger partial charge on any atom is -0.493 e. The summed E-state index contributed by atoms with van der Waals surface area (Å²) in [5.41, 5.74) is 1.04. The van der Waals surface area contributed by atoms with Crippen molar-refractivity contribution in [1.29, 1.82) is 0 Å². The number of hydrogen-bond donors (Lipinski definition) is 2. The molecule has 0 radical (unpaired) electrons. The van der Waals surface area contributed by atoms with E-state index in [1.165, 1.54) is 0 Å². The molecule has 1 atom stereocenters. The number of likely N-dealkylation sites (tertiary alicyclic amines) is 1. The van der Waals surface area contributed by atoms with Crippen LogP contribution in [0.3, 0.4) is 0 Å². The second-order valence-corrected chi connectivity index (χ2v) is 6.20. The number of carboxylic acid groups (broad SMARTS) is 1. The standard InChI is InChI=1S/C18H26N2O5/c1-24-15-6-5-13(10-16(15)25-2)7-8-19-17(21)12-20-9-3-4-14(11-20)18(22)23/h5-6,10,14H,3-4,7-9,11-12H2,1-2H3,(H,19,21)(H,22,23). The van der Waals surface area contributed by atoms with Crippen molar-refractivity contribution in [3.63, 3.8) is 0 Å². The van der Waals surface area contributed by atoms with E-state index >= 15 is 0 Å². The van der Waals surface area contributed by atoms with Crippen molar-refractivity contribution in [2.45, 2.75) is 19.3 Å². The third kappa shape index (κ3) is 5.63. The molecule has 1 fully saturated rings. The van der Waals surface area contributed by atoms with Gasteiger partial charge in [-0.15, -0.1) is 0 Å². The fraction of sp³-hybridized carbons (Fsp3) is 0.556. The summed E-state index contributed by atoms with van der Waals surface area (Å²) < 4.78 is 10.5. The Morgan fingerprint density at radius 1 is 1.28 bits per heavy atom. The van der Waals surface area contributed by atoms with Crippen molar-refractivity contribution < 1.29 is 24.2 Å². The summed E-state index contributed by atoms with van der Waals surface area (Å²) in [4.78, 5) is 25.0. The van der Waals surface area contributed by atoms with Gasteiger partial charge in [-0.1, -0.05) is 6.07 Å².